The summed E-state index contributed by atoms with van der Waals surface area (Å²) < 4.78 is 32.9. The first-order chi connectivity index (χ1) is 56.6. The van der Waals surface area contributed by atoms with Gasteiger partial charge in [-0.1, -0.05) is 18.2 Å². The second-order valence-electron chi connectivity index (χ2n) is 32.1. The molecule has 17 heterocycles. The number of anilines is 8. The highest BCUT2D eigenvalue weighted by molar-refractivity contribution is 6.08. The number of fused-ring (bicyclic) bond motifs is 6. The maximum Gasteiger partial charge on any atom is 0.254 e. The number of rotatable bonds is 19. The summed E-state index contributed by atoms with van der Waals surface area (Å²) >= 11 is 0. The lowest BCUT2D eigenvalue weighted by Gasteiger charge is -2.41. The molecule has 0 aliphatic carbocycles. The monoisotopic (exact) mass is 1580 g/mol. The Morgan fingerprint density at radius 2 is 1.10 bits per heavy atom. The van der Waals surface area contributed by atoms with Crippen molar-refractivity contribution in [3.8, 4) is 33.8 Å². The number of imidazole rings is 2. The summed E-state index contributed by atoms with van der Waals surface area (Å²) in [7, 11) is 9.95. The number of benzene rings is 2. The summed E-state index contributed by atoms with van der Waals surface area (Å²) in [5, 5.41) is 41.9. The van der Waals surface area contributed by atoms with Crippen molar-refractivity contribution >= 4 is 91.8 Å². The van der Waals surface area contributed by atoms with Crippen LogP contribution in [0, 0.1) is 11.6 Å². The number of aliphatic hydroxyl groups is 2. The molecule has 4 amide bonds. The molecule has 19 rings (SSSR count). The van der Waals surface area contributed by atoms with Crippen LogP contribution in [0.1, 0.15) is 111 Å². The van der Waals surface area contributed by atoms with Crippen molar-refractivity contribution in [1.29, 1.82) is 0 Å². The smallest absolute Gasteiger partial charge is 0.254 e. The molecule has 0 spiro atoms. The predicted octanol–water partition coefficient (Wildman–Crippen LogP) is 10.6. The summed E-state index contributed by atoms with van der Waals surface area (Å²) in [6.45, 7) is 10.2. The third kappa shape index (κ3) is 16.1. The molecule has 4 saturated heterocycles. The van der Waals surface area contributed by atoms with Crippen molar-refractivity contribution in [3.63, 3.8) is 0 Å². The molecule has 12 aromatic rings. The number of carbonyl (C=O) groups is 4. The van der Waals surface area contributed by atoms with E-state index < -0.39 is 11.2 Å². The molecule has 7 aliphatic heterocycles. The SMILES string of the molecule is CN(C)CC1(O)CCCN(c2ccc(Nc3ccc(-c4cnc5cc(F)ccn45)c4c3C(=O)NC4)nc2)C1.CN(C)CCN1CCC(c2ccc(Nc3cnc(-c4ccnc5c4ccn5C)c4c3C(=O)NC4)nc2)CC1=O.O=C1NCc2c(-c3cnc4cc(F)ccn34)ccc(Nc3ccc(N4CCC(O)(CN5CCCC5)CC4)cn3)c21. The lowest BCUT2D eigenvalue weighted by Crippen LogP contribution is -2.53. The van der Waals surface area contributed by atoms with Crippen molar-refractivity contribution < 1.29 is 38.2 Å². The number of amides is 4. The normalized spacial score (nSPS) is 18.4. The lowest BCUT2D eigenvalue weighted by atomic mass is 9.90. The van der Waals surface area contributed by atoms with E-state index in [-0.39, 0.29) is 41.2 Å². The van der Waals surface area contributed by atoms with Gasteiger partial charge in [0.2, 0.25) is 5.91 Å². The van der Waals surface area contributed by atoms with Gasteiger partial charge in [-0.2, -0.15) is 0 Å². The molecule has 28 nitrogen and oxygen atoms in total. The van der Waals surface area contributed by atoms with Crippen LogP contribution in [0.3, 0.4) is 0 Å². The van der Waals surface area contributed by atoms with Crippen molar-refractivity contribution in [1.82, 2.24) is 83.8 Å². The fourth-order valence-corrected chi connectivity index (χ4v) is 17.5. The first kappa shape index (κ1) is 77.2. The van der Waals surface area contributed by atoms with Crippen molar-refractivity contribution in [2.45, 2.75) is 88.1 Å². The maximum absolute atomic E-state index is 13.7. The maximum atomic E-state index is 13.7. The topological polar surface area (TPSA) is 304 Å². The van der Waals surface area contributed by atoms with Crippen molar-refractivity contribution in [3.05, 3.63) is 210 Å². The zero-order valence-electron chi connectivity index (χ0n) is 66.1. The van der Waals surface area contributed by atoms with Crippen LogP contribution in [0.15, 0.2) is 159 Å². The third-order valence-electron chi connectivity index (χ3n) is 23.5. The van der Waals surface area contributed by atoms with E-state index in [9.17, 15) is 38.2 Å². The molecule has 30 heteroatoms. The molecule has 2 atom stereocenters. The number of pyridine rings is 7. The number of hydrogen-bond acceptors (Lipinski definition) is 21. The van der Waals surface area contributed by atoms with Crippen LogP contribution in [-0.4, -0.2) is 213 Å². The second kappa shape index (κ2) is 32.4. The Morgan fingerprint density at radius 1 is 0.530 bits per heavy atom. The van der Waals surface area contributed by atoms with Crippen LogP contribution in [0.5, 0.6) is 0 Å². The molecular weight excluding hydrogens is 1490 g/mol. The van der Waals surface area contributed by atoms with E-state index in [1.54, 1.807) is 43.4 Å². The molecule has 4 fully saturated rings. The number of nitrogens with one attached hydrogen (secondary N) is 6. The van der Waals surface area contributed by atoms with E-state index in [2.05, 4.69) is 81.4 Å². The van der Waals surface area contributed by atoms with Gasteiger partial charge in [0.1, 0.15) is 46.0 Å². The third-order valence-corrected chi connectivity index (χ3v) is 23.5. The number of aromatic nitrogens is 10. The molecule has 602 valence electrons. The van der Waals surface area contributed by atoms with Gasteiger partial charge in [-0.05, 0) is 176 Å². The number of aryl methyl sites for hydroxylation is 1. The van der Waals surface area contributed by atoms with Gasteiger partial charge in [-0.15, -0.1) is 0 Å². The highest BCUT2D eigenvalue weighted by Gasteiger charge is 2.38. The molecule has 2 unspecified atom stereocenters. The highest BCUT2D eigenvalue weighted by Crippen LogP contribution is 2.41. The lowest BCUT2D eigenvalue weighted by molar-refractivity contribution is -0.134. The molecule has 7 aliphatic rings. The van der Waals surface area contributed by atoms with Gasteiger partial charge in [0.25, 0.3) is 17.7 Å². The number of likely N-dealkylation sites (N-methyl/N-ethyl adjacent to an activating group) is 2. The minimum atomic E-state index is -0.747. The van der Waals surface area contributed by atoms with Crippen LogP contribution in [-0.2, 0) is 31.5 Å². The summed E-state index contributed by atoms with van der Waals surface area (Å²) in [5.74, 6) is 1.12. The van der Waals surface area contributed by atoms with Gasteiger partial charge in [0.05, 0.1) is 104 Å². The highest BCUT2D eigenvalue weighted by atomic mass is 19.1. The summed E-state index contributed by atoms with van der Waals surface area (Å²) in [6, 6.07) is 28.9. The number of β-amino-alcohol motifs (C(OH)–C–C–N with tert-alkyl or cyclic N) is 2. The Hall–Kier alpha value is -12.4. The fraction of sp³-hybridized carbons (Fsp3) is 0.345. The van der Waals surface area contributed by atoms with Crippen LogP contribution in [0.2, 0.25) is 0 Å². The quantitative estimate of drug-likeness (QED) is 0.0373. The Balaban J connectivity index is 0.000000126. The average molecular weight is 1580 g/mol. The molecule has 10 aromatic heterocycles. The molecule has 0 bridgehead atoms. The zero-order valence-corrected chi connectivity index (χ0v) is 66.1. The molecule has 117 heavy (non-hydrogen) atoms. The number of piperidine rings is 3. The summed E-state index contributed by atoms with van der Waals surface area (Å²) in [5.41, 5.74) is 14.9. The zero-order chi connectivity index (χ0) is 80.8. The average Bonchev–Trinajstić information content (AvgIpc) is 1.62. The van der Waals surface area contributed by atoms with Gasteiger partial charge in [0, 0.05) is 163 Å². The second-order valence-corrected chi connectivity index (χ2v) is 32.1. The first-order valence-electron chi connectivity index (χ1n) is 39.9. The van der Waals surface area contributed by atoms with E-state index in [0.29, 0.717) is 102 Å². The number of nitrogens with zero attached hydrogens (tertiary/aromatic N) is 16. The van der Waals surface area contributed by atoms with Crippen LogP contribution >= 0.6 is 0 Å². The van der Waals surface area contributed by atoms with E-state index >= 15 is 0 Å². The summed E-state index contributed by atoms with van der Waals surface area (Å²) in [4.78, 5) is 95.9. The number of halogens is 2. The van der Waals surface area contributed by atoms with Gasteiger partial charge < -0.3 is 76.1 Å². The first-order valence-corrected chi connectivity index (χ1v) is 39.9. The minimum Gasteiger partial charge on any atom is -0.388 e. The number of carbonyl (C=O) groups excluding carboxylic acids is 4. The van der Waals surface area contributed by atoms with E-state index in [0.717, 1.165) is 169 Å². The minimum absolute atomic E-state index is 0.134. The van der Waals surface area contributed by atoms with Gasteiger partial charge >= 0.3 is 0 Å². The van der Waals surface area contributed by atoms with Gasteiger partial charge in [-0.25, -0.2) is 38.7 Å². The van der Waals surface area contributed by atoms with E-state index in [1.807, 2.05) is 150 Å². The molecular formula is C87H94F2N22O6. The Kier molecular flexibility index (Phi) is 21.4. The number of hydrogen-bond donors (Lipinski definition) is 8. The van der Waals surface area contributed by atoms with Crippen LogP contribution < -0.4 is 41.7 Å². The Morgan fingerprint density at radius 3 is 1.67 bits per heavy atom. The molecule has 8 N–H and O–H groups in total. The molecule has 0 saturated carbocycles. The Bertz CT molecular complexity index is 5760. The summed E-state index contributed by atoms with van der Waals surface area (Å²) in [6.07, 6.45) is 24.7. The van der Waals surface area contributed by atoms with Crippen molar-refractivity contribution in [2.24, 2.45) is 7.05 Å². The fourth-order valence-electron chi connectivity index (χ4n) is 17.5. The predicted molar refractivity (Wildman–Crippen MR) is 445 cm³/mol. The van der Waals surface area contributed by atoms with Crippen molar-refractivity contribution in [2.75, 3.05) is 126 Å². The van der Waals surface area contributed by atoms with Crippen LogP contribution in [0.25, 0.3) is 56.1 Å². The van der Waals surface area contributed by atoms with E-state index in [4.69, 9.17) is 4.98 Å². The van der Waals surface area contributed by atoms with E-state index in [1.165, 1.54) is 37.1 Å². The van der Waals surface area contributed by atoms with Gasteiger partial charge in [-0.3, -0.25) is 33.0 Å². The Labute approximate surface area is 675 Å². The standard InChI is InChI=1S/C30H32FN7O2.C29H32N8O2.C28H30FN7O2/c31-20-7-12-38-25(18-33-27(38)15-20)22-4-5-24(28-23(22)17-34-29(28)39)35-26-6-3-21(16-32-26)37-13-8-30(40,9-14-37)19-36-10-1-2-11-36;1-35(2)12-13-37-11-7-18(14-25(37)38)19-4-5-24(31-15-19)34-23-17-32-27(22-16-33-29(39)26(22)23)20-6-9-30-28-21(20)8-10-36(28)3;1-34(2)16-28(38)9-3-10-35(17-28)19-4-7-24(30-13-19)33-22-6-5-20(21-14-32-27(37)26(21)22)23-15-31-25-12-18(29)8-11-36(23)25/h3-7,12,15-16,18,40H,1-2,8-11,13-14,17,19H2,(H,32,35)(H,34,39);4-6,8-10,15,17-18H,7,11-14,16H2,1-3H3,(H,31,34)(H,33,39);4-8,11-13,15,38H,3,9-10,14,16-17H2,1-2H3,(H,30,33)(H,32,37). The largest absolute Gasteiger partial charge is 0.388 e. The number of likely N-dealkylation sites (tertiary alicyclic amines) is 2. The van der Waals surface area contributed by atoms with Crippen LogP contribution in [0.4, 0.5) is 54.7 Å². The molecule has 0 radical (unpaired) electrons. The van der Waals surface area contributed by atoms with Gasteiger partial charge in [0.15, 0.2) is 0 Å². The molecule has 2 aromatic carbocycles.